The van der Waals surface area contributed by atoms with Crippen LogP contribution in [0.15, 0.2) is 102 Å². The van der Waals surface area contributed by atoms with Crippen molar-refractivity contribution in [2.75, 3.05) is 25.6 Å². The van der Waals surface area contributed by atoms with Crippen LogP contribution in [0.2, 0.25) is 0 Å². The Morgan fingerprint density at radius 1 is 0.915 bits per heavy atom. The van der Waals surface area contributed by atoms with Crippen LogP contribution in [0.4, 0.5) is 10.5 Å². The number of benzene rings is 4. The van der Waals surface area contributed by atoms with Crippen LogP contribution in [0.1, 0.15) is 34.4 Å². The fourth-order valence-electron chi connectivity index (χ4n) is 5.23. The number of rotatable bonds is 13. The van der Waals surface area contributed by atoms with Crippen molar-refractivity contribution in [1.82, 2.24) is 15.6 Å². The number of carbonyl (C=O) groups excluding carboxylic acids is 1. The van der Waals surface area contributed by atoms with Crippen molar-refractivity contribution >= 4 is 28.6 Å². The Labute approximate surface area is 269 Å². The molecule has 242 valence electrons. The van der Waals surface area contributed by atoms with Crippen molar-refractivity contribution in [2.45, 2.75) is 18.7 Å². The predicted octanol–water partition coefficient (Wildman–Crippen LogP) is 4.44. The summed E-state index contributed by atoms with van der Waals surface area (Å²) in [6, 6.07) is 26.5. The minimum atomic E-state index is -1.17. The molecule has 0 bridgehead atoms. The summed E-state index contributed by atoms with van der Waals surface area (Å²) in [6.07, 6.45) is -2.09. The lowest BCUT2D eigenvalue weighted by Crippen LogP contribution is -2.27. The van der Waals surface area contributed by atoms with E-state index in [1.54, 1.807) is 54.6 Å². The summed E-state index contributed by atoms with van der Waals surface area (Å²) in [4.78, 5) is 38.5. The molecule has 2 atom stereocenters. The Kier molecular flexibility index (Phi) is 10.4. The highest BCUT2D eigenvalue weighted by molar-refractivity contribution is 5.92. The van der Waals surface area contributed by atoms with Crippen molar-refractivity contribution in [3.8, 4) is 17.2 Å². The average Bonchev–Trinajstić information content (AvgIpc) is 3.07. The summed E-state index contributed by atoms with van der Waals surface area (Å²) in [5, 5.41) is 39.3. The number of anilines is 1. The molecule has 4 aromatic carbocycles. The smallest absolute Gasteiger partial charge is 0.405 e. The second-order valence-electron chi connectivity index (χ2n) is 10.7. The van der Waals surface area contributed by atoms with Crippen LogP contribution < -0.4 is 31.0 Å². The molecular weight excluding hydrogens is 604 g/mol. The van der Waals surface area contributed by atoms with Crippen LogP contribution in [0.3, 0.4) is 0 Å². The molecular formula is C35H34N4O8. The first-order valence-electron chi connectivity index (χ1n) is 14.7. The molecule has 12 heteroatoms. The molecule has 0 saturated carbocycles. The van der Waals surface area contributed by atoms with Crippen LogP contribution in [0.25, 0.3) is 10.9 Å². The minimum absolute atomic E-state index is 0.0817. The number of hydrogen-bond acceptors (Lipinski definition) is 8. The molecule has 0 aliphatic carbocycles. The Morgan fingerprint density at radius 3 is 2.47 bits per heavy atom. The van der Waals surface area contributed by atoms with E-state index in [9.17, 15) is 29.7 Å². The van der Waals surface area contributed by atoms with E-state index in [1.165, 1.54) is 19.2 Å². The van der Waals surface area contributed by atoms with Crippen molar-refractivity contribution in [3.63, 3.8) is 0 Å². The van der Waals surface area contributed by atoms with Gasteiger partial charge in [0, 0.05) is 41.9 Å². The van der Waals surface area contributed by atoms with Crippen molar-refractivity contribution in [1.29, 1.82) is 0 Å². The van der Waals surface area contributed by atoms with Gasteiger partial charge in [-0.05, 0) is 47.0 Å². The number of nitrogens with one attached hydrogen (secondary N) is 4. The zero-order valence-corrected chi connectivity index (χ0v) is 25.4. The van der Waals surface area contributed by atoms with E-state index < -0.39 is 24.1 Å². The maximum absolute atomic E-state index is 12.7. The molecule has 0 aliphatic heterocycles. The minimum Gasteiger partial charge on any atom is -0.506 e. The second-order valence-corrected chi connectivity index (χ2v) is 10.7. The zero-order chi connectivity index (χ0) is 33.3. The number of H-pyrrole nitrogens is 1. The van der Waals surface area contributed by atoms with Gasteiger partial charge in [0.05, 0.1) is 24.8 Å². The molecule has 1 unspecified atom stereocenters. The number of amides is 2. The van der Waals surface area contributed by atoms with Crippen LogP contribution in [-0.2, 0) is 11.3 Å². The number of phenols is 1. The molecule has 0 saturated heterocycles. The standard InChI is InChI=1S/C35H34N4O8/c1-46-30-17-24(11-10-23(30)18-36-19-29(41)26-12-14-28(40)34-27(26)13-15-31(42)38-34)37-32(43)20-47-25-9-5-8-22(16-25)33(39-35(44)45)21-6-3-2-4-7-21/h2-17,29,33,36,39-41H,18-20H2,1H3,(H,37,43)(H,38,42)(H,44,45)/t29?,33-/m0/s1. The van der Waals surface area contributed by atoms with Gasteiger partial charge >= 0.3 is 6.09 Å². The van der Waals surface area contributed by atoms with Gasteiger partial charge in [-0.15, -0.1) is 0 Å². The van der Waals surface area contributed by atoms with E-state index in [0.29, 0.717) is 40.2 Å². The molecule has 0 radical (unpaired) electrons. The first kappa shape index (κ1) is 32.5. The molecule has 0 fully saturated rings. The van der Waals surface area contributed by atoms with Gasteiger partial charge in [0.15, 0.2) is 6.61 Å². The maximum atomic E-state index is 12.7. The van der Waals surface area contributed by atoms with Gasteiger partial charge in [0.1, 0.15) is 17.2 Å². The second kappa shape index (κ2) is 15.0. The quantitative estimate of drug-likeness (QED) is 0.0981. The molecule has 5 rings (SSSR count). The topological polar surface area (TPSA) is 182 Å². The first-order valence-corrected chi connectivity index (χ1v) is 14.7. The molecule has 1 aromatic heterocycles. The van der Waals surface area contributed by atoms with Crippen LogP contribution in [0, 0.1) is 0 Å². The van der Waals surface area contributed by atoms with E-state index in [1.807, 2.05) is 30.3 Å². The third-order valence-corrected chi connectivity index (χ3v) is 7.45. The molecule has 2 amide bonds. The van der Waals surface area contributed by atoms with Gasteiger partial charge in [-0.1, -0.05) is 54.6 Å². The number of aromatic hydroxyl groups is 1. The average molecular weight is 639 g/mol. The fourth-order valence-corrected chi connectivity index (χ4v) is 5.23. The Bertz CT molecular complexity index is 1930. The van der Waals surface area contributed by atoms with Gasteiger partial charge in [-0.3, -0.25) is 9.59 Å². The van der Waals surface area contributed by atoms with Gasteiger partial charge in [0.25, 0.3) is 5.91 Å². The lowest BCUT2D eigenvalue weighted by molar-refractivity contribution is -0.118. The highest BCUT2D eigenvalue weighted by atomic mass is 16.5. The number of aliphatic hydroxyl groups excluding tert-OH is 1. The summed E-state index contributed by atoms with van der Waals surface area (Å²) in [7, 11) is 1.51. The fraction of sp³-hybridized carbons (Fsp3) is 0.171. The first-order chi connectivity index (χ1) is 22.7. The molecule has 7 N–H and O–H groups in total. The van der Waals surface area contributed by atoms with Gasteiger partial charge in [-0.2, -0.15) is 0 Å². The maximum Gasteiger partial charge on any atom is 0.405 e. The third-order valence-electron chi connectivity index (χ3n) is 7.45. The SMILES string of the molecule is COc1cc(NC(=O)COc2cccc([C@@H](NC(=O)O)c3ccccc3)c2)ccc1CNCC(O)c1ccc(O)c2[nH]c(=O)ccc12. The number of aliphatic hydroxyl groups is 1. The highest BCUT2D eigenvalue weighted by Gasteiger charge is 2.18. The number of aromatic nitrogens is 1. The van der Waals surface area contributed by atoms with Crippen LogP contribution in [-0.4, -0.2) is 52.6 Å². The Balaban J connectivity index is 1.17. The van der Waals surface area contributed by atoms with E-state index >= 15 is 0 Å². The lowest BCUT2D eigenvalue weighted by Gasteiger charge is -2.19. The van der Waals surface area contributed by atoms with Gasteiger partial charge in [0.2, 0.25) is 5.56 Å². The van der Waals surface area contributed by atoms with E-state index in [4.69, 9.17) is 9.47 Å². The van der Waals surface area contributed by atoms with E-state index in [2.05, 4.69) is 20.9 Å². The summed E-state index contributed by atoms with van der Waals surface area (Å²) >= 11 is 0. The molecule has 12 nitrogen and oxygen atoms in total. The highest BCUT2D eigenvalue weighted by Crippen LogP contribution is 2.29. The number of hydrogen-bond donors (Lipinski definition) is 7. The number of fused-ring (bicyclic) bond motifs is 1. The monoisotopic (exact) mass is 638 g/mol. The summed E-state index contributed by atoms with van der Waals surface area (Å²) in [5.41, 5.74) is 3.15. The number of phenolic OH excluding ortho intramolecular Hbond substituents is 1. The number of carbonyl (C=O) groups is 2. The zero-order valence-electron chi connectivity index (χ0n) is 25.4. The van der Waals surface area contributed by atoms with E-state index in [0.717, 1.165) is 11.1 Å². The third kappa shape index (κ3) is 8.25. The summed E-state index contributed by atoms with van der Waals surface area (Å²) in [5.74, 6) is 0.434. The number of pyridine rings is 1. The van der Waals surface area contributed by atoms with Crippen molar-refractivity contribution in [2.24, 2.45) is 0 Å². The summed E-state index contributed by atoms with van der Waals surface area (Å²) < 4.78 is 11.2. The van der Waals surface area contributed by atoms with E-state index in [-0.39, 0.29) is 30.0 Å². The van der Waals surface area contributed by atoms with Crippen LogP contribution >= 0.6 is 0 Å². The molecule has 47 heavy (non-hydrogen) atoms. The lowest BCUT2D eigenvalue weighted by atomic mass is 9.99. The normalized spacial score (nSPS) is 12.2. The number of carboxylic acid groups (broad SMARTS) is 1. The van der Waals surface area contributed by atoms with Crippen LogP contribution in [0.5, 0.6) is 17.2 Å². The van der Waals surface area contributed by atoms with Gasteiger partial charge in [-0.25, -0.2) is 4.79 Å². The Morgan fingerprint density at radius 2 is 1.70 bits per heavy atom. The predicted molar refractivity (Wildman–Crippen MR) is 176 cm³/mol. The largest absolute Gasteiger partial charge is 0.506 e. The van der Waals surface area contributed by atoms with Crippen molar-refractivity contribution in [3.05, 3.63) is 130 Å². The number of aromatic amines is 1. The Hall–Kier alpha value is -5.85. The summed E-state index contributed by atoms with van der Waals surface area (Å²) in [6.45, 7) is 0.244. The molecule has 5 aromatic rings. The van der Waals surface area contributed by atoms with Crippen molar-refractivity contribution < 1.29 is 34.4 Å². The number of ether oxygens (including phenoxy) is 2. The molecule has 1 heterocycles. The number of methoxy groups -OCH3 is 1. The molecule has 0 spiro atoms. The molecule has 0 aliphatic rings. The van der Waals surface area contributed by atoms with Gasteiger partial charge < -0.3 is 45.7 Å².